The van der Waals surface area contributed by atoms with Gasteiger partial charge in [-0.15, -0.1) is 0 Å². The monoisotopic (exact) mass is 300 g/mol. The molecule has 1 aromatic carbocycles. The number of rotatable bonds is 4. The Kier molecular flexibility index (Phi) is 4.04. The summed E-state index contributed by atoms with van der Waals surface area (Å²) >= 11 is 0. The topological polar surface area (TPSA) is 49.4 Å². The maximum Gasteiger partial charge on any atom is 0.238 e. The van der Waals surface area contributed by atoms with E-state index < -0.39 is 0 Å². The molecule has 1 saturated heterocycles. The Morgan fingerprint density at radius 3 is 2.41 bits per heavy atom. The molecule has 4 nitrogen and oxygen atoms in total. The molecule has 0 radical (unpaired) electrons. The number of carbonyl (C=O) groups is 2. The summed E-state index contributed by atoms with van der Waals surface area (Å²) in [6.45, 7) is 2.57. The lowest BCUT2D eigenvalue weighted by Crippen LogP contribution is -2.50. The van der Waals surface area contributed by atoms with E-state index >= 15 is 0 Å². The summed E-state index contributed by atoms with van der Waals surface area (Å²) in [5.41, 5.74) is 1.63. The molecule has 0 bridgehead atoms. The van der Waals surface area contributed by atoms with Crippen molar-refractivity contribution in [2.45, 2.75) is 50.6 Å². The Balaban J connectivity index is 1.71. The zero-order valence-electron chi connectivity index (χ0n) is 13.4. The highest BCUT2D eigenvalue weighted by molar-refractivity contribution is 5.94. The van der Waals surface area contributed by atoms with E-state index in [4.69, 9.17) is 0 Å². The maximum absolute atomic E-state index is 12.6. The van der Waals surface area contributed by atoms with Crippen molar-refractivity contribution in [2.75, 3.05) is 13.6 Å². The fraction of sp³-hybridized carbons (Fsp3) is 0.556. The van der Waals surface area contributed by atoms with Crippen molar-refractivity contribution in [2.24, 2.45) is 0 Å². The van der Waals surface area contributed by atoms with Crippen LogP contribution in [0.3, 0.4) is 0 Å². The second-order valence-corrected chi connectivity index (χ2v) is 6.70. The summed E-state index contributed by atoms with van der Waals surface area (Å²) in [6, 6.07) is 7.68. The van der Waals surface area contributed by atoms with Crippen molar-refractivity contribution < 1.29 is 9.59 Å². The molecule has 1 N–H and O–H groups in total. The molecule has 1 aliphatic heterocycles. The maximum atomic E-state index is 12.6. The van der Waals surface area contributed by atoms with Crippen LogP contribution in [0.2, 0.25) is 0 Å². The van der Waals surface area contributed by atoms with Gasteiger partial charge in [0.15, 0.2) is 5.78 Å². The number of carbonyl (C=O) groups excluding carboxylic acids is 2. The van der Waals surface area contributed by atoms with E-state index in [1.807, 2.05) is 31.3 Å². The molecule has 1 aromatic rings. The van der Waals surface area contributed by atoms with Crippen LogP contribution in [0.5, 0.6) is 0 Å². The number of likely N-dealkylation sites (tertiary alicyclic amines) is 1. The average Bonchev–Trinajstić information content (AvgIpc) is 3.28. The van der Waals surface area contributed by atoms with Crippen molar-refractivity contribution in [1.29, 1.82) is 0 Å². The molecule has 2 fully saturated rings. The summed E-state index contributed by atoms with van der Waals surface area (Å²) in [4.78, 5) is 26.1. The number of Topliss-reactive ketones (excluding diaryl/α,β-unsaturated/α-hetero) is 1. The van der Waals surface area contributed by atoms with Crippen LogP contribution in [0, 0.1) is 0 Å². The third-order valence-corrected chi connectivity index (χ3v) is 5.03. The molecule has 22 heavy (non-hydrogen) atoms. The largest absolute Gasteiger partial charge is 0.345 e. The smallest absolute Gasteiger partial charge is 0.238 e. The SMILES string of the molecule is CC(=O)c1ccc(C2(NC(=O)[C@H]3CCCCN3C)CC2)cc1. The second kappa shape index (κ2) is 5.84. The van der Waals surface area contributed by atoms with Gasteiger partial charge in [0.05, 0.1) is 11.6 Å². The average molecular weight is 300 g/mol. The van der Waals surface area contributed by atoms with Crippen molar-refractivity contribution in [3.05, 3.63) is 35.4 Å². The molecular weight excluding hydrogens is 276 g/mol. The molecule has 0 unspecified atom stereocenters. The number of ketones is 1. The van der Waals surface area contributed by atoms with Gasteiger partial charge in [-0.3, -0.25) is 14.5 Å². The van der Waals surface area contributed by atoms with Gasteiger partial charge in [-0.1, -0.05) is 30.7 Å². The van der Waals surface area contributed by atoms with Gasteiger partial charge in [0.2, 0.25) is 5.91 Å². The minimum atomic E-state index is -0.204. The summed E-state index contributed by atoms with van der Waals surface area (Å²) in [7, 11) is 2.03. The predicted octanol–water partition coefficient (Wildman–Crippen LogP) is 2.48. The zero-order chi connectivity index (χ0) is 15.7. The Bertz CT molecular complexity index is 575. The Hall–Kier alpha value is -1.68. The first-order valence-electron chi connectivity index (χ1n) is 8.16. The third-order valence-electron chi connectivity index (χ3n) is 5.03. The molecule has 1 saturated carbocycles. The molecule has 4 heteroatoms. The van der Waals surface area contributed by atoms with Crippen LogP contribution < -0.4 is 5.32 Å². The van der Waals surface area contributed by atoms with Crippen LogP contribution in [0.15, 0.2) is 24.3 Å². The summed E-state index contributed by atoms with van der Waals surface area (Å²) < 4.78 is 0. The van der Waals surface area contributed by atoms with E-state index in [-0.39, 0.29) is 23.3 Å². The molecule has 0 spiro atoms. The van der Waals surface area contributed by atoms with Crippen LogP contribution >= 0.6 is 0 Å². The third kappa shape index (κ3) is 2.93. The van der Waals surface area contributed by atoms with E-state index in [9.17, 15) is 9.59 Å². The molecule has 3 rings (SSSR count). The van der Waals surface area contributed by atoms with E-state index in [1.165, 1.54) is 6.42 Å². The minimum Gasteiger partial charge on any atom is -0.345 e. The van der Waals surface area contributed by atoms with Crippen molar-refractivity contribution in [3.8, 4) is 0 Å². The van der Waals surface area contributed by atoms with Gasteiger partial charge in [-0.05, 0) is 51.8 Å². The normalized spacial score (nSPS) is 23.8. The first-order chi connectivity index (χ1) is 10.5. The van der Waals surface area contributed by atoms with Crippen LogP contribution in [0.25, 0.3) is 0 Å². The summed E-state index contributed by atoms with van der Waals surface area (Å²) in [6.07, 6.45) is 5.21. The van der Waals surface area contributed by atoms with E-state index in [0.29, 0.717) is 0 Å². The van der Waals surface area contributed by atoms with Gasteiger partial charge in [0, 0.05) is 5.56 Å². The van der Waals surface area contributed by atoms with Crippen LogP contribution in [-0.4, -0.2) is 36.2 Å². The first kappa shape index (κ1) is 15.2. The van der Waals surface area contributed by atoms with Crippen molar-refractivity contribution in [1.82, 2.24) is 10.2 Å². The van der Waals surface area contributed by atoms with Gasteiger partial charge in [-0.2, -0.15) is 0 Å². The number of benzene rings is 1. The van der Waals surface area contributed by atoms with Gasteiger partial charge < -0.3 is 5.32 Å². The van der Waals surface area contributed by atoms with Gasteiger partial charge >= 0.3 is 0 Å². The first-order valence-corrected chi connectivity index (χ1v) is 8.16. The summed E-state index contributed by atoms with van der Waals surface area (Å²) in [5, 5.41) is 3.27. The Morgan fingerprint density at radius 1 is 1.18 bits per heavy atom. The lowest BCUT2D eigenvalue weighted by Gasteiger charge is -2.32. The van der Waals surface area contributed by atoms with Crippen molar-refractivity contribution >= 4 is 11.7 Å². The highest BCUT2D eigenvalue weighted by Gasteiger charge is 2.46. The number of hydrogen-bond donors (Lipinski definition) is 1. The van der Waals surface area contributed by atoms with Crippen molar-refractivity contribution in [3.63, 3.8) is 0 Å². The van der Waals surface area contributed by atoms with Gasteiger partial charge in [-0.25, -0.2) is 0 Å². The highest BCUT2D eigenvalue weighted by atomic mass is 16.2. The fourth-order valence-electron chi connectivity index (χ4n) is 3.36. The van der Waals surface area contributed by atoms with E-state index in [1.54, 1.807) is 6.92 Å². The van der Waals surface area contributed by atoms with Crippen LogP contribution in [-0.2, 0) is 10.3 Å². The van der Waals surface area contributed by atoms with Gasteiger partial charge in [0.25, 0.3) is 0 Å². The number of hydrogen-bond acceptors (Lipinski definition) is 3. The number of amides is 1. The molecule has 2 aliphatic rings. The Labute approximate surface area is 131 Å². The zero-order valence-corrected chi connectivity index (χ0v) is 13.4. The lowest BCUT2D eigenvalue weighted by molar-refractivity contribution is -0.128. The highest BCUT2D eigenvalue weighted by Crippen LogP contribution is 2.45. The second-order valence-electron chi connectivity index (χ2n) is 6.70. The fourth-order valence-corrected chi connectivity index (χ4v) is 3.36. The minimum absolute atomic E-state index is 0.00252. The molecule has 0 aromatic heterocycles. The van der Waals surface area contributed by atoms with E-state index in [2.05, 4.69) is 10.2 Å². The number of likely N-dealkylation sites (N-methyl/N-ethyl adjacent to an activating group) is 1. The molecule has 1 atom stereocenters. The molecule has 1 heterocycles. The molecular formula is C18H24N2O2. The molecule has 1 amide bonds. The Morgan fingerprint density at radius 2 is 1.86 bits per heavy atom. The quantitative estimate of drug-likeness (QED) is 0.869. The number of nitrogens with one attached hydrogen (secondary N) is 1. The van der Waals surface area contributed by atoms with E-state index in [0.717, 1.165) is 43.4 Å². The standard InChI is InChI=1S/C18H24N2O2/c1-13(21)14-6-8-15(9-7-14)18(10-11-18)19-17(22)16-5-3-4-12-20(16)2/h6-9,16H,3-5,10-12H2,1-2H3,(H,19,22)/t16-/m1/s1. The summed E-state index contributed by atoms with van der Waals surface area (Å²) in [5.74, 6) is 0.222. The predicted molar refractivity (Wildman–Crippen MR) is 85.8 cm³/mol. The molecule has 1 aliphatic carbocycles. The lowest BCUT2D eigenvalue weighted by atomic mass is 9.99. The number of nitrogens with zero attached hydrogens (tertiary/aromatic N) is 1. The van der Waals surface area contributed by atoms with Gasteiger partial charge in [0.1, 0.15) is 0 Å². The van der Waals surface area contributed by atoms with Crippen LogP contribution in [0.1, 0.15) is 54.9 Å². The number of piperidine rings is 1. The molecule has 118 valence electrons. The van der Waals surface area contributed by atoms with Crippen LogP contribution in [0.4, 0.5) is 0 Å².